The maximum Gasteiger partial charge on any atom is 0.399 e. The van der Waals surface area contributed by atoms with Crippen molar-refractivity contribution in [3.05, 3.63) is 0 Å². The minimum absolute atomic E-state index is 1.65. The van der Waals surface area contributed by atoms with Crippen LogP contribution in [0, 0.1) is 11.8 Å². The largest absolute Gasteiger partial charge is 0.399 e. The molecule has 0 radical (unpaired) electrons. The van der Waals surface area contributed by atoms with Gasteiger partial charge in [0, 0.05) is 0 Å². The fourth-order valence-corrected chi connectivity index (χ4v) is 0.191. The van der Waals surface area contributed by atoms with Crippen LogP contribution in [-0.2, 0) is 14.0 Å². The van der Waals surface area contributed by atoms with Gasteiger partial charge in [-0.25, -0.2) is 9.13 Å². The summed E-state index contributed by atoms with van der Waals surface area (Å²) >= 11 is 0. The van der Waals surface area contributed by atoms with Gasteiger partial charge in [-0.2, -0.15) is 5.90 Å². The van der Waals surface area contributed by atoms with Crippen LogP contribution in [0.2, 0.25) is 0 Å². The summed E-state index contributed by atoms with van der Waals surface area (Å²) in [6.07, 6.45) is 1.68. The van der Waals surface area contributed by atoms with Gasteiger partial charge in [-0.05, 0) is 0 Å². The maximum absolute atomic E-state index is 9.49. The minimum atomic E-state index is -2.67. The van der Waals surface area contributed by atoms with Crippen LogP contribution < -0.4 is 5.90 Å². The molecule has 0 atom stereocenters. The molecule has 5 heteroatoms. The summed E-state index contributed by atoms with van der Waals surface area (Å²) in [5, 5.41) is 0. The Labute approximate surface area is 40.4 Å². The Bertz CT molecular complexity index is 154. The van der Waals surface area contributed by atoms with Crippen LogP contribution in [0.4, 0.5) is 0 Å². The van der Waals surface area contributed by atoms with Crippen molar-refractivity contribution in [2.24, 2.45) is 5.90 Å². The van der Waals surface area contributed by atoms with Gasteiger partial charge >= 0.3 is 7.68 Å². The molecule has 0 bridgehead atoms. The van der Waals surface area contributed by atoms with Gasteiger partial charge in [0.1, 0.15) is 0 Å². The molecule has 0 rings (SSSR count). The number of hydrogen-bond donors (Lipinski definition) is 1. The average Bonchev–Trinajstić information content (AvgIpc) is 1.61. The van der Waals surface area contributed by atoms with Crippen molar-refractivity contribution < 1.29 is 14.0 Å². The van der Waals surface area contributed by atoms with E-state index in [0.29, 0.717) is 0 Å². The average molecular weight is 119 g/mol. The van der Waals surface area contributed by atoms with Gasteiger partial charge in [0.15, 0.2) is 6.11 Å². The van der Waals surface area contributed by atoms with Crippen LogP contribution in [0.1, 0.15) is 0 Å². The zero-order valence-electron chi connectivity index (χ0n) is 3.25. The molecule has 7 heavy (non-hydrogen) atoms. The first-order chi connectivity index (χ1) is 3.27. The van der Waals surface area contributed by atoms with E-state index >= 15 is 0 Å². The molecular formula is C2H2NO3P. The van der Waals surface area contributed by atoms with Gasteiger partial charge in [0.25, 0.3) is 0 Å². The van der Waals surface area contributed by atoms with E-state index in [-0.39, 0.29) is 0 Å². The Hall–Kier alpha value is -0.780. The lowest BCUT2D eigenvalue weighted by Gasteiger charge is -1.68. The smallest absolute Gasteiger partial charge is 0.358 e. The second kappa shape index (κ2) is 3.41. The lowest BCUT2D eigenvalue weighted by atomic mass is 11.3. The summed E-state index contributed by atoms with van der Waals surface area (Å²) in [6, 6.07) is 0. The third kappa shape index (κ3) is 5.22. The van der Waals surface area contributed by atoms with Crippen LogP contribution in [0.25, 0.3) is 0 Å². The first-order valence-corrected chi connectivity index (χ1v) is 2.46. The molecule has 0 saturated carbocycles. The molecule has 0 saturated heterocycles. The Balaban J connectivity index is 3.68. The van der Waals surface area contributed by atoms with Crippen molar-refractivity contribution >= 4 is 7.68 Å². The van der Waals surface area contributed by atoms with Gasteiger partial charge in [0.2, 0.25) is 0 Å². The molecule has 0 aliphatic carbocycles. The van der Waals surface area contributed by atoms with Crippen molar-refractivity contribution in [2.75, 3.05) is 0 Å². The standard InChI is InChI=1S/C2H2NO3P/c3-6-1-2-7(4)5/h3H2. The summed E-state index contributed by atoms with van der Waals surface area (Å²) in [5.41, 5.74) is 1.65. The van der Waals surface area contributed by atoms with Gasteiger partial charge in [-0.15, -0.1) is 0 Å². The Morgan fingerprint density at radius 3 is 2.29 bits per heavy atom. The monoisotopic (exact) mass is 119 g/mol. The molecule has 0 heterocycles. The van der Waals surface area contributed by atoms with Crippen molar-refractivity contribution in [2.45, 2.75) is 0 Å². The topological polar surface area (TPSA) is 69.4 Å². The molecule has 0 spiro atoms. The first kappa shape index (κ1) is 6.22. The predicted octanol–water partition coefficient (Wildman–Crippen LogP) is -0.0320. The molecule has 0 unspecified atom stereocenters. The zero-order valence-corrected chi connectivity index (χ0v) is 4.14. The van der Waals surface area contributed by atoms with E-state index in [2.05, 4.69) is 10.7 Å². The molecule has 38 valence electrons. The molecular weight excluding hydrogens is 117 g/mol. The lowest BCUT2D eigenvalue weighted by Crippen LogP contribution is -1.86. The SMILES string of the molecule is NOC#CP(=O)=O. The minimum Gasteiger partial charge on any atom is -0.358 e. The fraction of sp³-hybridized carbons (Fsp3) is 0. The number of hydrogen-bond acceptors (Lipinski definition) is 4. The van der Waals surface area contributed by atoms with Gasteiger partial charge in [0.05, 0.1) is 5.66 Å². The molecule has 0 fully saturated rings. The van der Waals surface area contributed by atoms with Crippen LogP contribution in [0.5, 0.6) is 0 Å². The van der Waals surface area contributed by atoms with Crippen LogP contribution in [0.15, 0.2) is 0 Å². The third-order valence-electron chi connectivity index (χ3n) is 0.196. The predicted molar refractivity (Wildman–Crippen MR) is 21.3 cm³/mol. The summed E-state index contributed by atoms with van der Waals surface area (Å²) in [4.78, 5) is 3.61. The lowest BCUT2D eigenvalue weighted by molar-refractivity contribution is 0.292. The summed E-state index contributed by atoms with van der Waals surface area (Å²) < 4.78 is 19.0. The molecule has 2 N–H and O–H groups in total. The van der Waals surface area contributed by atoms with E-state index < -0.39 is 7.68 Å². The zero-order chi connectivity index (χ0) is 5.70. The van der Waals surface area contributed by atoms with E-state index in [1.165, 1.54) is 0 Å². The summed E-state index contributed by atoms with van der Waals surface area (Å²) in [6.45, 7) is 0. The normalized spacial score (nSPS) is 5.86. The highest BCUT2D eigenvalue weighted by atomic mass is 31.1. The molecule has 0 aliphatic heterocycles. The maximum atomic E-state index is 9.49. The van der Waals surface area contributed by atoms with Crippen LogP contribution in [0.3, 0.4) is 0 Å². The van der Waals surface area contributed by atoms with E-state index in [1.807, 2.05) is 0 Å². The second-order valence-electron chi connectivity index (χ2n) is 0.589. The van der Waals surface area contributed by atoms with Crippen molar-refractivity contribution in [3.63, 3.8) is 0 Å². The fourth-order valence-electron chi connectivity index (χ4n) is 0.0636. The van der Waals surface area contributed by atoms with Crippen molar-refractivity contribution in [1.82, 2.24) is 0 Å². The van der Waals surface area contributed by atoms with E-state index in [9.17, 15) is 9.13 Å². The third-order valence-corrected chi connectivity index (χ3v) is 0.470. The van der Waals surface area contributed by atoms with Crippen molar-refractivity contribution in [1.29, 1.82) is 0 Å². The Morgan fingerprint density at radius 1 is 1.57 bits per heavy atom. The molecule has 0 aromatic carbocycles. The molecule has 0 aromatic heterocycles. The first-order valence-electron chi connectivity index (χ1n) is 1.28. The number of nitrogens with two attached hydrogens (primary N) is 1. The van der Waals surface area contributed by atoms with Gasteiger partial charge in [-0.1, -0.05) is 0 Å². The Morgan fingerprint density at radius 2 is 2.14 bits per heavy atom. The van der Waals surface area contributed by atoms with Crippen molar-refractivity contribution in [3.8, 4) is 11.8 Å². The van der Waals surface area contributed by atoms with Crippen LogP contribution >= 0.6 is 7.68 Å². The van der Waals surface area contributed by atoms with Gasteiger partial charge < -0.3 is 4.84 Å². The van der Waals surface area contributed by atoms with Crippen LogP contribution in [-0.4, -0.2) is 0 Å². The highest BCUT2D eigenvalue weighted by Gasteiger charge is 1.71. The Kier molecular flexibility index (Phi) is 3.03. The second-order valence-corrected chi connectivity index (χ2v) is 1.33. The summed E-state index contributed by atoms with van der Waals surface area (Å²) in [5.74, 6) is 4.34. The highest BCUT2D eigenvalue weighted by molar-refractivity contribution is 7.37. The highest BCUT2D eigenvalue weighted by Crippen LogP contribution is 1.94. The van der Waals surface area contributed by atoms with E-state index in [1.54, 1.807) is 11.8 Å². The van der Waals surface area contributed by atoms with E-state index in [4.69, 9.17) is 0 Å². The van der Waals surface area contributed by atoms with Gasteiger partial charge in [-0.3, -0.25) is 0 Å². The number of rotatable bonds is 0. The van der Waals surface area contributed by atoms with E-state index in [0.717, 1.165) is 0 Å². The molecule has 0 aliphatic rings. The molecule has 0 aromatic rings. The molecule has 4 nitrogen and oxygen atoms in total. The molecule has 0 amide bonds. The quantitative estimate of drug-likeness (QED) is 0.276. The summed E-state index contributed by atoms with van der Waals surface area (Å²) in [7, 11) is -2.67.